The number of carbonyl (C=O) groups is 1. The molecule has 3 atom stereocenters. The number of rotatable bonds is 6. The van der Waals surface area contributed by atoms with E-state index < -0.39 is 0 Å². The first kappa shape index (κ1) is 15.4. The summed E-state index contributed by atoms with van der Waals surface area (Å²) in [4.78, 5) is 14.2. The van der Waals surface area contributed by atoms with Crippen LogP contribution >= 0.6 is 0 Å². The highest BCUT2D eigenvalue weighted by Crippen LogP contribution is 2.20. The Bertz CT molecular complexity index is 252. The Labute approximate surface area is 111 Å². The van der Waals surface area contributed by atoms with Gasteiger partial charge in [0.25, 0.3) is 0 Å². The minimum Gasteiger partial charge on any atom is -0.469 e. The molecule has 106 valence electrons. The first-order chi connectivity index (χ1) is 8.61. The standard InChI is InChI=1S/C14H28N2O2/c1-5-9-16(13-7-6-8-15-10-13)12(3)11(2)14(17)18-4/h11-13,15H,5-10H2,1-4H3. The van der Waals surface area contributed by atoms with Crippen molar-refractivity contribution >= 4 is 5.97 Å². The zero-order chi connectivity index (χ0) is 13.5. The van der Waals surface area contributed by atoms with E-state index in [0.717, 1.165) is 26.1 Å². The molecule has 4 nitrogen and oxygen atoms in total. The molecule has 1 heterocycles. The van der Waals surface area contributed by atoms with Crippen molar-refractivity contribution in [3.05, 3.63) is 0 Å². The Morgan fingerprint density at radius 3 is 2.72 bits per heavy atom. The normalized spacial score (nSPS) is 23.7. The molecule has 0 bridgehead atoms. The minimum absolute atomic E-state index is 0.0662. The quantitative estimate of drug-likeness (QED) is 0.734. The Hall–Kier alpha value is -0.610. The number of carbonyl (C=O) groups excluding carboxylic acids is 1. The highest BCUT2D eigenvalue weighted by Gasteiger charge is 2.31. The molecular weight excluding hydrogens is 228 g/mol. The lowest BCUT2D eigenvalue weighted by atomic mass is 9.97. The summed E-state index contributed by atoms with van der Waals surface area (Å²) in [7, 11) is 1.47. The van der Waals surface area contributed by atoms with Crippen LogP contribution in [0, 0.1) is 5.92 Å². The average Bonchev–Trinajstić information content (AvgIpc) is 2.43. The van der Waals surface area contributed by atoms with E-state index in [1.807, 2.05) is 6.92 Å². The third-order valence-electron chi connectivity index (χ3n) is 4.04. The lowest BCUT2D eigenvalue weighted by Gasteiger charge is -2.40. The zero-order valence-electron chi connectivity index (χ0n) is 12.2. The van der Waals surface area contributed by atoms with E-state index in [1.165, 1.54) is 20.0 Å². The fourth-order valence-corrected chi connectivity index (χ4v) is 2.76. The lowest BCUT2D eigenvalue weighted by molar-refractivity contribution is -0.147. The molecule has 0 amide bonds. The number of ether oxygens (including phenoxy) is 1. The second-order valence-electron chi connectivity index (χ2n) is 5.29. The largest absolute Gasteiger partial charge is 0.469 e. The highest BCUT2D eigenvalue weighted by molar-refractivity contribution is 5.72. The van der Waals surface area contributed by atoms with Gasteiger partial charge in [-0.2, -0.15) is 0 Å². The molecule has 1 N–H and O–H groups in total. The van der Waals surface area contributed by atoms with Gasteiger partial charge in [-0.1, -0.05) is 13.8 Å². The van der Waals surface area contributed by atoms with E-state index in [4.69, 9.17) is 4.74 Å². The van der Waals surface area contributed by atoms with Crippen LogP contribution in [0.4, 0.5) is 0 Å². The Balaban J connectivity index is 2.66. The molecule has 1 aliphatic heterocycles. The third-order valence-corrected chi connectivity index (χ3v) is 4.04. The van der Waals surface area contributed by atoms with Crippen molar-refractivity contribution in [2.45, 2.75) is 52.1 Å². The van der Waals surface area contributed by atoms with Crippen molar-refractivity contribution in [1.29, 1.82) is 0 Å². The van der Waals surface area contributed by atoms with Crippen LogP contribution in [0.15, 0.2) is 0 Å². The lowest BCUT2D eigenvalue weighted by Crippen LogP contribution is -2.52. The predicted octanol–water partition coefficient (Wildman–Crippen LogP) is 1.65. The van der Waals surface area contributed by atoms with E-state index >= 15 is 0 Å². The minimum atomic E-state index is -0.104. The summed E-state index contributed by atoms with van der Waals surface area (Å²) in [6, 6.07) is 0.795. The van der Waals surface area contributed by atoms with E-state index in [9.17, 15) is 4.79 Å². The third kappa shape index (κ3) is 3.95. The van der Waals surface area contributed by atoms with E-state index in [0.29, 0.717) is 6.04 Å². The maximum Gasteiger partial charge on any atom is 0.309 e. The molecule has 4 heteroatoms. The Morgan fingerprint density at radius 2 is 2.22 bits per heavy atom. The number of nitrogens with one attached hydrogen (secondary N) is 1. The van der Waals surface area contributed by atoms with Gasteiger partial charge < -0.3 is 10.1 Å². The maximum atomic E-state index is 11.7. The predicted molar refractivity (Wildman–Crippen MR) is 73.5 cm³/mol. The SMILES string of the molecule is CCCN(C1CCCNC1)C(C)C(C)C(=O)OC. The second kappa shape index (κ2) is 7.74. The number of methoxy groups -OCH3 is 1. The van der Waals surface area contributed by atoms with Crippen molar-refractivity contribution in [2.75, 3.05) is 26.7 Å². The van der Waals surface area contributed by atoms with Crippen molar-refractivity contribution in [3.63, 3.8) is 0 Å². The summed E-state index contributed by atoms with van der Waals surface area (Å²) in [5.74, 6) is -0.171. The van der Waals surface area contributed by atoms with Crippen molar-refractivity contribution < 1.29 is 9.53 Å². The average molecular weight is 256 g/mol. The van der Waals surface area contributed by atoms with Crippen LogP contribution in [0.2, 0.25) is 0 Å². The summed E-state index contributed by atoms with van der Waals surface area (Å²) in [6.45, 7) is 9.52. The first-order valence-electron chi connectivity index (χ1n) is 7.16. The molecule has 1 fully saturated rings. The Morgan fingerprint density at radius 1 is 1.50 bits per heavy atom. The van der Waals surface area contributed by atoms with Crippen LogP contribution in [-0.2, 0) is 9.53 Å². The van der Waals surface area contributed by atoms with Gasteiger partial charge in [-0.15, -0.1) is 0 Å². The molecule has 1 rings (SSSR count). The van der Waals surface area contributed by atoms with Crippen LogP contribution in [-0.4, -0.2) is 49.7 Å². The summed E-state index contributed by atoms with van der Waals surface area (Å²) < 4.78 is 4.87. The zero-order valence-corrected chi connectivity index (χ0v) is 12.2. The topological polar surface area (TPSA) is 41.6 Å². The van der Waals surface area contributed by atoms with Crippen molar-refractivity contribution in [3.8, 4) is 0 Å². The number of nitrogens with zero attached hydrogens (tertiary/aromatic N) is 1. The van der Waals surface area contributed by atoms with Gasteiger partial charge in [0, 0.05) is 18.6 Å². The summed E-state index contributed by atoms with van der Waals surface area (Å²) in [6.07, 6.45) is 3.57. The molecule has 0 saturated carbocycles. The summed E-state index contributed by atoms with van der Waals surface area (Å²) in [5, 5.41) is 3.45. The van der Waals surface area contributed by atoms with Gasteiger partial charge >= 0.3 is 5.97 Å². The van der Waals surface area contributed by atoms with Gasteiger partial charge in [0.05, 0.1) is 13.0 Å². The molecular formula is C14H28N2O2. The Kier molecular flexibility index (Phi) is 6.65. The van der Waals surface area contributed by atoms with Crippen LogP contribution in [0.5, 0.6) is 0 Å². The molecule has 1 aliphatic rings. The molecule has 0 aromatic rings. The van der Waals surface area contributed by atoms with E-state index in [1.54, 1.807) is 0 Å². The van der Waals surface area contributed by atoms with Crippen LogP contribution in [0.3, 0.4) is 0 Å². The fourth-order valence-electron chi connectivity index (χ4n) is 2.76. The van der Waals surface area contributed by atoms with E-state index in [2.05, 4.69) is 24.1 Å². The maximum absolute atomic E-state index is 11.7. The summed E-state index contributed by atoms with van der Waals surface area (Å²) >= 11 is 0. The molecule has 0 spiro atoms. The molecule has 0 aromatic carbocycles. The van der Waals surface area contributed by atoms with Gasteiger partial charge in [0.1, 0.15) is 0 Å². The van der Waals surface area contributed by atoms with Gasteiger partial charge in [0.2, 0.25) is 0 Å². The first-order valence-corrected chi connectivity index (χ1v) is 7.16. The molecule has 1 saturated heterocycles. The fraction of sp³-hybridized carbons (Fsp3) is 0.929. The highest BCUT2D eigenvalue weighted by atomic mass is 16.5. The number of piperidine rings is 1. The van der Waals surface area contributed by atoms with Gasteiger partial charge in [-0.3, -0.25) is 9.69 Å². The van der Waals surface area contributed by atoms with Gasteiger partial charge in [-0.05, 0) is 39.3 Å². The number of hydrogen-bond acceptors (Lipinski definition) is 4. The molecule has 0 aliphatic carbocycles. The second-order valence-corrected chi connectivity index (χ2v) is 5.29. The summed E-state index contributed by atoms with van der Waals surface area (Å²) in [5.41, 5.74) is 0. The van der Waals surface area contributed by atoms with Crippen LogP contribution in [0.25, 0.3) is 0 Å². The van der Waals surface area contributed by atoms with Crippen LogP contribution in [0.1, 0.15) is 40.0 Å². The molecule has 18 heavy (non-hydrogen) atoms. The van der Waals surface area contributed by atoms with Crippen LogP contribution < -0.4 is 5.32 Å². The molecule has 3 unspecified atom stereocenters. The number of hydrogen-bond donors (Lipinski definition) is 1. The molecule has 0 radical (unpaired) electrons. The smallest absolute Gasteiger partial charge is 0.309 e. The van der Waals surface area contributed by atoms with E-state index in [-0.39, 0.29) is 17.9 Å². The van der Waals surface area contributed by atoms with Gasteiger partial charge in [0.15, 0.2) is 0 Å². The van der Waals surface area contributed by atoms with Crippen molar-refractivity contribution in [1.82, 2.24) is 10.2 Å². The molecule has 0 aromatic heterocycles. The van der Waals surface area contributed by atoms with Gasteiger partial charge in [-0.25, -0.2) is 0 Å². The van der Waals surface area contributed by atoms with Crippen molar-refractivity contribution in [2.24, 2.45) is 5.92 Å². The number of esters is 1. The monoisotopic (exact) mass is 256 g/mol.